The van der Waals surface area contributed by atoms with E-state index >= 15 is 0 Å². The fourth-order valence-electron chi connectivity index (χ4n) is 1.07. The van der Waals surface area contributed by atoms with Gasteiger partial charge in [0.25, 0.3) is 0 Å². The number of sulfonamides is 1. The molecule has 0 amide bonds. The van der Waals surface area contributed by atoms with E-state index in [0.717, 1.165) is 6.42 Å². The predicted octanol–water partition coefficient (Wildman–Crippen LogP) is 1.12. The van der Waals surface area contributed by atoms with E-state index in [2.05, 4.69) is 0 Å². The molecule has 0 heterocycles. The van der Waals surface area contributed by atoms with Gasteiger partial charge in [0, 0.05) is 5.41 Å². The molecule has 0 aromatic carbocycles. The third kappa shape index (κ3) is 7.29. The van der Waals surface area contributed by atoms with Crippen LogP contribution in [-0.2, 0) is 14.8 Å². The lowest BCUT2D eigenvalue weighted by Gasteiger charge is -2.24. The van der Waals surface area contributed by atoms with Gasteiger partial charge in [-0.25, -0.2) is 13.6 Å². The van der Waals surface area contributed by atoms with Crippen LogP contribution in [0.15, 0.2) is 0 Å². The summed E-state index contributed by atoms with van der Waals surface area (Å²) in [4.78, 5) is 0. The number of primary sulfonamides is 1. The van der Waals surface area contributed by atoms with Gasteiger partial charge in [0.15, 0.2) is 0 Å². The number of hydrogen-bond donors (Lipinski definition) is 1. The first kappa shape index (κ1) is 13.9. The van der Waals surface area contributed by atoms with E-state index < -0.39 is 15.4 Å². The molecule has 0 bridgehead atoms. The average Bonchev–Trinajstić information content (AvgIpc) is 1.96. The van der Waals surface area contributed by atoms with Crippen molar-refractivity contribution in [2.45, 2.75) is 40.2 Å². The van der Waals surface area contributed by atoms with Gasteiger partial charge in [-0.1, -0.05) is 20.8 Å². The van der Waals surface area contributed by atoms with Crippen molar-refractivity contribution in [1.29, 1.82) is 0 Å². The number of rotatable bonds is 6. The maximum atomic E-state index is 10.9. The van der Waals surface area contributed by atoms with Crippen molar-refractivity contribution in [2.75, 3.05) is 12.4 Å². The van der Waals surface area contributed by atoms with Gasteiger partial charge in [0.2, 0.25) is 10.0 Å². The lowest BCUT2D eigenvalue weighted by atomic mass is 9.98. The Hall–Kier alpha value is -0.130. The molecule has 14 heavy (non-hydrogen) atoms. The van der Waals surface area contributed by atoms with E-state index in [0.29, 0.717) is 6.61 Å². The Labute approximate surface area is 86.9 Å². The molecule has 0 radical (unpaired) electrons. The summed E-state index contributed by atoms with van der Waals surface area (Å²) in [5.74, 6) is -0.0452. The van der Waals surface area contributed by atoms with Gasteiger partial charge in [-0.15, -0.1) is 0 Å². The third-order valence-electron chi connectivity index (χ3n) is 1.93. The average molecular weight is 223 g/mol. The zero-order chi connectivity index (χ0) is 11.4. The first-order valence-corrected chi connectivity index (χ1v) is 6.50. The summed E-state index contributed by atoms with van der Waals surface area (Å²) in [5.41, 5.74) is -0.420. The van der Waals surface area contributed by atoms with Crippen LogP contribution in [0.25, 0.3) is 0 Å². The van der Waals surface area contributed by atoms with Crippen molar-refractivity contribution in [1.82, 2.24) is 0 Å². The van der Waals surface area contributed by atoms with Crippen molar-refractivity contribution in [3.8, 4) is 0 Å². The Balaban J connectivity index is 4.08. The van der Waals surface area contributed by atoms with E-state index in [4.69, 9.17) is 9.88 Å². The van der Waals surface area contributed by atoms with Gasteiger partial charge in [-0.2, -0.15) is 0 Å². The predicted molar refractivity (Wildman–Crippen MR) is 57.5 cm³/mol. The highest BCUT2D eigenvalue weighted by Gasteiger charge is 2.24. The number of nitrogens with two attached hydrogens (primary N) is 1. The Morgan fingerprint density at radius 2 is 1.93 bits per heavy atom. The number of hydrogen-bond acceptors (Lipinski definition) is 3. The smallest absolute Gasteiger partial charge is 0.209 e. The van der Waals surface area contributed by atoms with Gasteiger partial charge in [0.1, 0.15) is 0 Å². The topological polar surface area (TPSA) is 69.4 Å². The molecule has 5 heteroatoms. The molecule has 0 aliphatic carbocycles. The van der Waals surface area contributed by atoms with Gasteiger partial charge >= 0.3 is 0 Å². The lowest BCUT2D eigenvalue weighted by molar-refractivity contribution is 0.0180. The standard InChI is InChI=1S/C9H21NO3S/c1-5-8(2)13-6-9(3,4)7-14(10,11)12/h8H,5-7H2,1-4H3,(H2,10,11,12). The molecule has 4 nitrogen and oxygen atoms in total. The van der Waals surface area contributed by atoms with Crippen LogP contribution < -0.4 is 5.14 Å². The van der Waals surface area contributed by atoms with Gasteiger partial charge in [-0.3, -0.25) is 0 Å². The van der Waals surface area contributed by atoms with Crippen LogP contribution in [0.1, 0.15) is 34.1 Å². The highest BCUT2D eigenvalue weighted by atomic mass is 32.2. The second-order valence-electron chi connectivity index (χ2n) is 4.50. The zero-order valence-electron chi connectivity index (χ0n) is 9.41. The van der Waals surface area contributed by atoms with Crippen molar-refractivity contribution >= 4 is 10.0 Å². The summed E-state index contributed by atoms with van der Waals surface area (Å²) in [6, 6.07) is 0. The minimum atomic E-state index is -3.42. The Kier molecular flexibility index (Phi) is 5.05. The first-order valence-electron chi connectivity index (χ1n) is 4.78. The molecular weight excluding hydrogens is 202 g/mol. The Morgan fingerprint density at radius 1 is 1.43 bits per heavy atom. The minimum Gasteiger partial charge on any atom is -0.378 e. The van der Waals surface area contributed by atoms with Crippen molar-refractivity contribution in [3.05, 3.63) is 0 Å². The summed E-state index contributed by atoms with van der Waals surface area (Å²) < 4.78 is 27.2. The van der Waals surface area contributed by atoms with Crippen LogP contribution in [0.4, 0.5) is 0 Å². The van der Waals surface area contributed by atoms with E-state index in [1.54, 1.807) is 0 Å². The van der Waals surface area contributed by atoms with E-state index in [-0.39, 0.29) is 11.9 Å². The SMILES string of the molecule is CCC(C)OCC(C)(C)CS(N)(=O)=O. The second kappa shape index (κ2) is 5.09. The van der Waals surface area contributed by atoms with Crippen molar-refractivity contribution < 1.29 is 13.2 Å². The van der Waals surface area contributed by atoms with Gasteiger partial charge < -0.3 is 4.74 Å². The summed E-state index contributed by atoms with van der Waals surface area (Å²) in [6.45, 7) is 8.07. The maximum absolute atomic E-state index is 10.9. The third-order valence-corrected chi connectivity index (χ3v) is 3.11. The minimum absolute atomic E-state index is 0.0452. The fraction of sp³-hybridized carbons (Fsp3) is 1.00. The van der Waals surface area contributed by atoms with Gasteiger partial charge in [0.05, 0.1) is 18.5 Å². The lowest BCUT2D eigenvalue weighted by Crippen LogP contribution is -2.33. The summed E-state index contributed by atoms with van der Waals surface area (Å²) in [5, 5.41) is 4.98. The van der Waals surface area contributed by atoms with Crippen LogP contribution >= 0.6 is 0 Å². The molecule has 0 aromatic rings. The summed E-state index contributed by atoms with van der Waals surface area (Å²) >= 11 is 0. The Bertz CT molecular complexity index is 259. The molecule has 0 fully saturated rings. The molecule has 0 rings (SSSR count). The monoisotopic (exact) mass is 223 g/mol. The molecule has 0 aliphatic heterocycles. The molecule has 2 N–H and O–H groups in total. The highest BCUT2D eigenvalue weighted by Crippen LogP contribution is 2.18. The molecule has 0 spiro atoms. The summed E-state index contributed by atoms with van der Waals surface area (Å²) in [6.07, 6.45) is 1.08. The highest BCUT2D eigenvalue weighted by molar-refractivity contribution is 7.89. The summed E-state index contributed by atoms with van der Waals surface area (Å²) in [7, 11) is -3.42. The second-order valence-corrected chi connectivity index (χ2v) is 6.12. The van der Waals surface area contributed by atoms with Crippen LogP contribution in [0.5, 0.6) is 0 Å². The molecule has 0 aromatic heterocycles. The van der Waals surface area contributed by atoms with Crippen LogP contribution in [0.3, 0.4) is 0 Å². The molecule has 0 saturated heterocycles. The largest absolute Gasteiger partial charge is 0.378 e. The van der Waals surface area contributed by atoms with Crippen LogP contribution in [0.2, 0.25) is 0 Å². The normalized spacial score (nSPS) is 15.5. The Morgan fingerprint density at radius 3 is 2.29 bits per heavy atom. The van der Waals surface area contributed by atoms with Gasteiger partial charge in [-0.05, 0) is 13.3 Å². The number of ether oxygens (including phenoxy) is 1. The maximum Gasteiger partial charge on any atom is 0.209 e. The molecule has 1 unspecified atom stereocenters. The van der Waals surface area contributed by atoms with Crippen molar-refractivity contribution in [3.63, 3.8) is 0 Å². The van der Waals surface area contributed by atoms with Crippen LogP contribution in [-0.4, -0.2) is 26.9 Å². The molecule has 0 aliphatic rings. The molecular formula is C9H21NO3S. The van der Waals surface area contributed by atoms with E-state index in [1.807, 2.05) is 27.7 Å². The van der Waals surface area contributed by atoms with Crippen molar-refractivity contribution in [2.24, 2.45) is 10.6 Å². The molecule has 0 saturated carbocycles. The van der Waals surface area contributed by atoms with E-state index in [1.165, 1.54) is 0 Å². The zero-order valence-corrected chi connectivity index (χ0v) is 10.2. The molecule has 86 valence electrons. The quantitative estimate of drug-likeness (QED) is 0.733. The fourth-order valence-corrected chi connectivity index (χ4v) is 2.24. The molecule has 1 atom stereocenters. The van der Waals surface area contributed by atoms with E-state index in [9.17, 15) is 8.42 Å². The van der Waals surface area contributed by atoms with Crippen LogP contribution in [0, 0.1) is 5.41 Å². The first-order chi connectivity index (χ1) is 6.16.